The molecule has 3 rings (SSSR count). The Hall–Kier alpha value is -0.830. The maximum atomic E-state index is 4.50. The Kier molecular flexibility index (Phi) is 4.16. The molecule has 0 unspecified atom stereocenters. The normalized spacial score (nSPS) is 30.3. The minimum Gasteiger partial charge on any atom is -0.331 e. The number of nitrogens with one attached hydrogen (secondary N) is 1. The first kappa shape index (κ1) is 14.1. The lowest BCUT2D eigenvalue weighted by Crippen LogP contribution is -2.39. The summed E-state index contributed by atoms with van der Waals surface area (Å²) in [5, 5.41) is 3.48. The smallest absolute Gasteiger partial charge is 0.0950 e. The third kappa shape index (κ3) is 2.65. The highest BCUT2D eigenvalue weighted by Gasteiger charge is 2.33. The van der Waals surface area contributed by atoms with E-state index in [1.807, 2.05) is 0 Å². The second kappa shape index (κ2) is 5.88. The summed E-state index contributed by atoms with van der Waals surface area (Å²) in [6.07, 6.45) is 13.6. The predicted molar refractivity (Wildman–Crippen MR) is 83.0 cm³/mol. The Bertz CT molecular complexity index is 423. The summed E-state index contributed by atoms with van der Waals surface area (Å²) in [5.74, 6) is 0.965. The zero-order chi connectivity index (χ0) is 14.0. The molecule has 3 nitrogen and oxygen atoms in total. The van der Waals surface area contributed by atoms with Gasteiger partial charge in [-0.15, -0.1) is 0 Å². The molecular formula is C17H29N3. The second-order valence-electron chi connectivity index (χ2n) is 7.08. The van der Waals surface area contributed by atoms with Crippen molar-refractivity contribution >= 4 is 0 Å². The molecule has 1 saturated heterocycles. The minimum atomic E-state index is 0.323. The summed E-state index contributed by atoms with van der Waals surface area (Å²) in [5.41, 5.74) is 1.81. The average molecular weight is 275 g/mol. The van der Waals surface area contributed by atoms with Crippen molar-refractivity contribution in [3.63, 3.8) is 0 Å². The molecule has 0 atom stereocenters. The van der Waals surface area contributed by atoms with Crippen LogP contribution < -0.4 is 5.32 Å². The van der Waals surface area contributed by atoms with Gasteiger partial charge in [0.25, 0.3) is 0 Å². The van der Waals surface area contributed by atoms with E-state index in [4.69, 9.17) is 0 Å². The van der Waals surface area contributed by atoms with Gasteiger partial charge in [-0.05, 0) is 57.5 Å². The molecule has 0 aromatic carbocycles. The average Bonchev–Trinajstić information content (AvgIpc) is 2.98. The Labute approximate surface area is 123 Å². The van der Waals surface area contributed by atoms with Gasteiger partial charge in [0.05, 0.1) is 6.33 Å². The monoisotopic (exact) mass is 275 g/mol. The van der Waals surface area contributed by atoms with Gasteiger partial charge in [0.1, 0.15) is 0 Å². The molecule has 0 bridgehead atoms. The number of aromatic nitrogens is 2. The quantitative estimate of drug-likeness (QED) is 0.912. The van der Waals surface area contributed by atoms with Crippen molar-refractivity contribution in [2.75, 3.05) is 13.1 Å². The fourth-order valence-corrected chi connectivity index (χ4v) is 4.13. The molecule has 112 valence electrons. The Balaban J connectivity index is 1.76. The first-order chi connectivity index (χ1) is 9.73. The van der Waals surface area contributed by atoms with Gasteiger partial charge < -0.3 is 9.88 Å². The van der Waals surface area contributed by atoms with Crippen molar-refractivity contribution < 1.29 is 0 Å². The van der Waals surface area contributed by atoms with Gasteiger partial charge in [-0.1, -0.05) is 20.3 Å². The maximum Gasteiger partial charge on any atom is 0.0950 e. The molecule has 3 heteroatoms. The standard InChI is InChI=1S/C17H29N3/c1-3-14-4-6-15(7-5-14)20-13-19-12-16(20)17(2)8-10-18-11-9-17/h12-15,18H,3-11H2,1-2H3. The lowest BCUT2D eigenvalue weighted by Gasteiger charge is -2.37. The van der Waals surface area contributed by atoms with E-state index in [9.17, 15) is 0 Å². The van der Waals surface area contributed by atoms with Gasteiger partial charge in [0.2, 0.25) is 0 Å². The number of hydrogen-bond acceptors (Lipinski definition) is 2. The lowest BCUT2D eigenvalue weighted by atomic mass is 9.77. The van der Waals surface area contributed by atoms with E-state index < -0.39 is 0 Å². The number of hydrogen-bond donors (Lipinski definition) is 1. The molecule has 0 amide bonds. The molecule has 1 N–H and O–H groups in total. The van der Waals surface area contributed by atoms with Crippen LogP contribution in [0, 0.1) is 5.92 Å². The van der Waals surface area contributed by atoms with Crippen molar-refractivity contribution in [2.24, 2.45) is 5.92 Å². The van der Waals surface area contributed by atoms with E-state index in [1.165, 1.54) is 50.6 Å². The van der Waals surface area contributed by atoms with E-state index in [1.54, 1.807) is 0 Å². The minimum absolute atomic E-state index is 0.323. The van der Waals surface area contributed by atoms with E-state index in [-0.39, 0.29) is 0 Å². The summed E-state index contributed by atoms with van der Waals surface area (Å²) in [6.45, 7) is 7.05. The van der Waals surface area contributed by atoms with E-state index >= 15 is 0 Å². The van der Waals surface area contributed by atoms with Gasteiger partial charge in [-0.25, -0.2) is 4.98 Å². The summed E-state index contributed by atoms with van der Waals surface area (Å²) in [6, 6.07) is 0.696. The topological polar surface area (TPSA) is 29.9 Å². The van der Waals surface area contributed by atoms with E-state index in [2.05, 4.69) is 41.2 Å². The summed E-state index contributed by atoms with van der Waals surface area (Å²) < 4.78 is 2.52. The molecule has 2 aliphatic rings. The number of imidazole rings is 1. The second-order valence-corrected chi connectivity index (χ2v) is 7.08. The van der Waals surface area contributed by atoms with Crippen molar-refractivity contribution in [3.05, 3.63) is 18.2 Å². The van der Waals surface area contributed by atoms with Gasteiger partial charge in [-0.3, -0.25) is 0 Å². The third-order valence-electron chi connectivity index (χ3n) is 5.78. The van der Waals surface area contributed by atoms with Crippen molar-refractivity contribution in [1.29, 1.82) is 0 Å². The van der Waals surface area contributed by atoms with Crippen LogP contribution in [0.4, 0.5) is 0 Å². The highest BCUT2D eigenvalue weighted by atomic mass is 15.1. The summed E-state index contributed by atoms with van der Waals surface area (Å²) >= 11 is 0. The van der Waals surface area contributed by atoms with E-state index in [0.717, 1.165) is 19.0 Å². The Morgan fingerprint density at radius 1 is 1.25 bits per heavy atom. The van der Waals surface area contributed by atoms with Gasteiger partial charge in [0, 0.05) is 23.3 Å². The first-order valence-corrected chi connectivity index (χ1v) is 8.46. The van der Waals surface area contributed by atoms with Crippen LogP contribution in [-0.2, 0) is 5.41 Å². The number of nitrogens with zero attached hydrogens (tertiary/aromatic N) is 2. The van der Waals surface area contributed by atoms with Crippen LogP contribution in [0.5, 0.6) is 0 Å². The molecule has 1 aliphatic carbocycles. The molecule has 0 radical (unpaired) electrons. The van der Waals surface area contributed by atoms with Crippen molar-refractivity contribution in [2.45, 2.75) is 70.3 Å². The van der Waals surface area contributed by atoms with Crippen molar-refractivity contribution in [3.8, 4) is 0 Å². The molecule has 1 saturated carbocycles. The first-order valence-electron chi connectivity index (χ1n) is 8.46. The van der Waals surface area contributed by atoms with Crippen molar-refractivity contribution in [1.82, 2.24) is 14.9 Å². The van der Waals surface area contributed by atoms with Crippen LogP contribution in [0.25, 0.3) is 0 Å². The number of piperidine rings is 1. The van der Waals surface area contributed by atoms with Crippen LogP contribution in [0.15, 0.2) is 12.5 Å². The SMILES string of the molecule is CCC1CCC(n2cncc2C2(C)CCNCC2)CC1. The van der Waals surface area contributed by atoms with E-state index in [0.29, 0.717) is 11.5 Å². The Morgan fingerprint density at radius 3 is 2.60 bits per heavy atom. The van der Waals surface area contributed by atoms with Crippen LogP contribution in [0.3, 0.4) is 0 Å². The summed E-state index contributed by atoms with van der Waals surface area (Å²) in [4.78, 5) is 4.50. The molecular weight excluding hydrogens is 246 g/mol. The molecule has 1 aromatic rings. The molecule has 2 heterocycles. The third-order valence-corrected chi connectivity index (χ3v) is 5.78. The Morgan fingerprint density at radius 2 is 1.95 bits per heavy atom. The molecule has 20 heavy (non-hydrogen) atoms. The lowest BCUT2D eigenvalue weighted by molar-refractivity contribution is 0.247. The molecule has 0 spiro atoms. The fraction of sp³-hybridized carbons (Fsp3) is 0.824. The maximum absolute atomic E-state index is 4.50. The summed E-state index contributed by atoms with van der Waals surface area (Å²) in [7, 11) is 0. The molecule has 1 aromatic heterocycles. The van der Waals surface area contributed by atoms with Gasteiger partial charge in [-0.2, -0.15) is 0 Å². The van der Waals surface area contributed by atoms with Gasteiger partial charge >= 0.3 is 0 Å². The molecule has 1 aliphatic heterocycles. The highest BCUT2D eigenvalue weighted by Crippen LogP contribution is 2.39. The van der Waals surface area contributed by atoms with Crippen LogP contribution in [-0.4, -0.2) is 22.6 Å². The van der Waals surface area contributed by atoms with Crippen LogP contribution >= 0.6 is 0 Å². The molecule has 2 fully saturated rings. The predicted octanol–water partition coefficient (Wildman–Crippen LogP) is 3.67. The number of rotatable bonds is 3. The van der Waals surface area contributed by atoms with Crippen LogP contribution in [0.2, 0.25) is 0 Å². The zero-order valence-electron chi connectivity index (χ0n) is 13.1. The fourth-order valence-electron chi connectivity index (χ4n) is 4.13. The largest absolute Gasteiger partial charge is 0.331 e. The van der Waals surface area contributed by atoms with Gasteiger partial charge in [0.15, 0.2) is 0 Å². The highest BCUT2D eigenvalue weighted by molar-refractivity contribution is 5.16. The van der Waals surface area contributed by atoms with Crippen LogP contribution in [0.1, 0.15) is 70.5 Å². The zero-order valence-corrected chi connectivity index (χ0v) is 13.1.